The first kappa shape index (κ1) is 14.3. The van der Waals surface area contributed by atoms with Gasteiger partial charge in [0.05, 0.1) is 0 Å². The minimum absolute atomic E-state index is 0.446. The second kappa shape index (κ2) is 5.92. The highest BCUT2D eigenvalue weighted by atomic mass is 15.3. The molecule has 0 saturated carbocycles. The van der Waals surface area contributed by atoms with Crippen molar-refractivity contribution < 1.29 is 0 Å². The Labute approximate surface area is 114 Å². The van der Waals surface area contributed by atoms with Crippen molar-refractivity contribution in [2.45, 2.75) is 96.3 Å². The maximum atomic E-state index is 3.75. The number of nitrogens with zero attached hydrogens (tertiary/aromatic N) is 1. The first-order valence-corrected chi connectivity index (χ1v) is 8.16. The van der Waals surface area contributed by atoms with Crippen LogP contribution in [0, 0.1) is 0 Å². The highest BCUT2D eigenvalue weighted by Gasteiger charge is 2.46. The summed E-state index contributed by atoms with van der Waals surface area (Å²) >= 11 is 0. The van der Waals surface area contributed by atoms with Crippen molar-refractivity contribution in [2.24, 2.45) is 0 Å². The molecule has 18 heavy (non-hydrogen) atoms. The molecule has 2 saturated heterocycles. The smallest absolute Gasteiger partial charge is 0.0182 e. The summed E-state index contributed by atoms with van der Waals surface area (Å²) in [5.74, 6) is 0. The topological polar surface area (TPSA) is 15.3 Å². The van der Waals surface area contributed by atoms with Crippen LogP contribution in [0.25, 0.3) is 0 Å². The second-order valence-electron chi connectivity index (χ2n) is 6.62. The van der Waals surface area contributed by atoms with E-state index in [-0.39, 0.29) is 0 Å². The minimum atomic E-state index is 0.446. The Hall–Kier alpha value is -0.0800. The summed E-state index contributed by atoms with van der Waals surface area (Å²) < 4.78 is 0. The van der Waals surface area contributed by atoms with E-state index in [0.717, 1.165) is 18.1 Å². The second-order valence-corrected chi connectivity index (χ2v) is 6.62. The van der Waals surface area contributed by atoms with Crippen LogP contribution < -0.4 is 5.32 Å². The molecule has 0 aromatic carbocycles. The van der Waals surface area contributed by atoms with E-state index in [9.17, 15) is 0 Å². The maximum absolute atomic E-state index is 3.75. The first-order valence-electron chi connectivity index (χ1n) is 8.16. The van der Waals surface area contributed by atoms with Crippen LogP contribution in [0.2, 0.25) is 0 Å². The van der Waals surface area contributed by atoms with Gasteiger partial charge in [0.2, 0.25) is 0 Å². The number of nitrogens with one attached hydrogen (secondary N) is 1. The van der Waals surface area contributed by atoms with Crippen LogP contribution in [0.15, 0.2) is 0 Å². The molecule has 2 fully saturated rings. The van der Waals surface area contributed by atoms with Gasteiger partial charge < -0.3 is 5.32 Å². The lowest BCUT2D eigenvalue weighted by atomic mass is 9.86. The van der Waals surface area contributed by atoms with Gasteiger partial charge in [0.15, 0.2) is 0 Å². The molecule has 106 valence electrons. The van der Waals surface area contributed by atoms with Crippen LogP contribution in [0.1, 0.15) is 72.6 Å². The molecule has 0 radical (unpaired) electrons. The number of hydrogen-bond acceptors (Lipinski definition) is 2. The lowest BCUT2D eigenvalue weighted by molar-refractivity contribution is 0.00493. The summed E-state index contributed by atoms with van der Waals surface area (Å²) in [5, 5.41) is 3.75. The van der Waals surface area contributed by atoms with E-state index in [1.807, 2.05) is 0 Å². The van der Waals surface area contributed by atoms with Gasteiger partial charge in [-0.1, -0.05) is 20.8 Å². The highest BCUT2D eigenvalue weighted by molar-refractivity contribution is 5.03. The van der Waals surface area contributed by atoms with E-state index in [1.165, 1.54) is 51.5 Å². The Balaban J connectivity index is 2.01. The van der Waals surface area contributed by atoms with Gasteiger partial charge in [-0.2, -0.15) is 0 Å². The Morgan fingerprint density at radius 3 is 2.06 bits per heavy atom. The third-order valence-corrected chi connectivity index (χ3v) is 5.56. The molecular weight excluding hydrogens is 220 g/mol. The van der Waals surface area contributed by atoms with Gasteiger partial charge >= 0.3 is 0 Å². The van der Waals surface area contributed by atoms with Crippen molar-refractivity contribution in [3.63, 3.8) is 0 Å². The quantitative estimate of drug-likeness (QED) is 0.777. The SMILES string of the molecule is CCCNC1CC2CCC(C1)N2C(C)(CC)CC. The van der Waals surface area contributed by atoms with Crippen molar-refractivity contribution >= 4 is 0 Å². The van der Waals surface area contributed by atoms with Gasteiger partial charge in [-0.05, 0) is 58.4 Å². The minimum Gasteiger partial charge on any atom is -0.314 e. The van der Waals surface area contributed by atoms with Crippen LogP contribution in [0.3, 0.4) is 0 Å². The normalized spacial score (nSPS) is 33.0. The van der Waals surface area contributed by atoms with Gasteiger partial charge in [-0.25, -0.2) is 0 Å². The predicted octanol–water partition coefficient (Wildman–Crippen LogP) is 3.56. The molecule has 0 amide bonds. The van der Waals surface area contributed by atoms with Crippen LogP contribution >= 0.6 is 0 Å². The number of fused-ring (bicyclic) bond motifs is 2. The summed E-state index contributed by atoms with van der Waals surface area (Å²) in [4.78, 5) is 2.90. The van der Waals surface area contributed by atoms with Crippen LogP contribution in [-0.2, 0) is 0 Å². The molecule has 2 unspecified atom stereocenters. The van der Waals surface area contributed by atoms with Crippen LogP contribution in [0.4, 0.5) is 0 Å². The zero-order valence-corrected chi connectivity index (χ0v) is 12.8. The van der Waals surface area contributed by atoms with E-state index in [0.29, 0.717) is 5.54 Å². The summed E-state index contributed by atoms with van der Waals surface area (Å²) in [7, 11) is 0. The Kier molecular flexibility index (Phi) is 4.71. The molecule has 2 rings (SSSR count). The maximum Gasteiger partial charge on any atom is 0.0182 e. The fourth-order valence-corrected chi connectivity index (χ4v) is 4.19. The van der Waals surface area contributed by atoms with Crippen molar-refractivity contribution in [2.75, 3.05) is 6.54 Å². The summed E-state index contributed by atoms with van der Waals surface area (Å²) in [5.41, 5.74) is 0.446. The lowest BCUT2D eigenvalue weighted by Crippen LogP contribution is -2.58. The summed E-state index contributed by atoms with van der Waals surface area (Å²) in [6, 6.07) is 2.49. The van der Waals surface area contributed by atoms with Crippen molar-refractivity contribution in [1.29, 1.82) is 0 Å². The zero-order chi connectivity index (χ0) is 13.2. The van der Waals surface area contributed by atoms with Crippen molar-refractivity contribution in [1.82, 2.24) is 10.2 Å². The average Bonchev–Trinajstić information content (AvgIpc) is 2.67. The number of hydrogen-bond donors (Lipinski definition) is 1. The van der Waals surface area contributed by atoms with E-state index in [4.69, 9.17) is 0 Å². The van der Waals surface area contributed by atoms with Crippen LogP contribution in [0.5, 0.6) is 0 Å². The van der Waals surface area contributed by atoms with E-state index >= 15 is 0 Å². The third kappa shape index (κ3) is 2.60. The molecule has 2 heteroatoms. The van der Waals surface area contributed by atoms with Crippen molar-refractivity contribution in [3.8, 4) is 0 Å². The third-order valence-electron chi connectivity index (χ3n) is 5.56. The summed E-state index contributed by atoms with van der Waals surface area (Å²) in [6.07, 6.45) is 9.48. The molecule has 0 aromatic heterocycles. The van der Waals surface area contributed by atoms with Crippen molar-refractivity contribution in [3.05, 3.63) is 0 Å². The molecule has 2 nitrogen and oxygen atoms in total. The van der Waals surface area contributed by atoms with Gasteiger partial charge in [0.1, 0.15) is 0 Å². The molecule has 2 atom stereocenters. The van der Waals surface area contributed by atoms with Crippen LogP contribution in [-0.4, -0.2) is 35.1 Å². The molecule has 2 aliphatic rings. The zero-order valence-electron chi connectivity index (χ0n) is 12.8. The van der Waals surface area contributed by atoms with E-state index in [2.05, 4.69) is 37.9 Å². The lowest BCUT2D eigenvalue weighted by Gasteiger charge is -2.49. The van der Waals surface area contributed by atoms with E-state index in [1.54, 1.807) is 0 Å². The molecule has 0 aliphatic carbocycles. The fourth-order valence-electron chi connectivity index (χ4n) is 4.19. The molecule has 0 spiro atoms. The van der Waals surface area contributed by atoms with E-state index < -0.39 is 0 Å². The molecule has 2 heterocycles. The molecule has 2 bridgehead atoms. The predicted molar refractivity (Wildman–Crippen MR) is 79.0 cm³/mol. The Morgan fingerprint density at radius 2 is 1.61 bits per heavy atom. The molecule has 0 aromatic rings. The van der Waals surface area contributed by atoms with Gasteiger partial charge in [0, 0.05) is 23.7 Å². The molecular formula is C16H32N2. The number of piperidine rings is 1. The fraction of sp³-hybridized carbons (Fsp3) is 1.00. The largest absolute Gasteiger partial charge is 0.314 e. The van der Waals surface area contributed by atoms with Gasteiger partial charge in [0.25, 0.3) is 0 Å². The molecule has 1 N–H and O–H groups in total. The Bertz CT molecular complexity index is 246. The highest BCUT2D eigenvalue weighted by Crippen LogP contribution is 2.42. The standard InChI is InChI=1S/C16H32N2/c1-5-10-17-13-11-14-8-9-15(12-13)18(14)16(4,6-2)7-3/h13-15,17H,5-12H2,1-4H3. The summed E-state index contributed by atoms with van der Waals surface area (Å²) in [6.45, 7) is 10.7. The first-order chi connectivity index (χ1) is 8.64. The van der Waals surface area contributed by atoms with Gasteiger partial charge in [-0.3, -0.25) is 4.90 Å². The Morgan fingerprint density at radius 1 is 1.06 bits per heavy atom. The average molecular weight is 252 g/mol. The monoisotopic (exact) mass is 252 g/mol. The van der Waals surface area contributed by atoms with Gasteiger partial charge in [-0.15, -0.1) is 0 Å². The number of rotatable bonds is 6. The molecule has 2 aliphatic heterocycles.